The van der Waals surface area contributed by atoms with Crippen LogP contribution in [0.25, 0.3) is 0 Å². The van der Waals surface area contributed by atoms with E-state index in [4.69, 9.17) is 0 Å². The maximum Gasteiger partial charge on any atom is 0.222 e. The largest absolute Gasteiger partial charge is 0.342 e. The fourth-order valence-corrected chi connectivity index (χ4v) is 5.03. The zero-order chi connectivity index (χ0) is 19.7. The number of amides is 1. The molecular weight excluding hydrogens is 350 g/mol. The van der Waals surface area contributed by atoms with Crippen LogP contribution in [0, 0.1) is 12.8 Å². The van der Waals surface area contributed by atoms with Crippen LogP contribution < -0.4 is 0 Å². The van der Waals surface area contributed by atoms with Crippen LogP contribution in [0.1, 0.15) is 56.7 Å². The second kappa shape index (κ2) is 8.15. The summed E-state index contributed by atoms with van der Waals surface area (Å²) in [5.74, 6) is 1.16. The van der Waals surface area contributed by atoms with Crippen LogP contribution >= 0.6 is 0 Å². The first kappa shape index (κ1) is 19.9. The molecule has 3 fully saturated rings. The minimum absolute atomic E-state index is 0.138. The number of hydrogen-bond donors (Lipinski definition) is 0. The molecular formula is C22H37N5O. The molecule has 3 aliphatic rings. The average molecular weight is 388 g/mol. The Kier molecular flexibility index (Phi) is 5.79. The number of hydrogen-bond acceptors (Lipinski definition) is 4. The van der Waals surface area contributed by atoms with Gasteiger partial charge in [-0.05, 0) is 52.0 Å². The molecule has 3 heterocycles. The highest BCUT2D eigenvalue weighted by Gasteiger charge is 2.42. The third-order valence-electron chi connectivity index (χ3n) is 7.29. The molecule has 1 atom stereocenters. The van der Waals surface area contributed by atoms with Crippen LogP contribution in [0.2, 0.25) is 0 Å². The summed E-state index contributed by atoms with van der Waals surface area (Å²) in [6.07, 6.45) is 8.61. The summed E-state index contributed by atoms with van der Waals surface area (Å²) in [7, 11) is 2.27. The van der Waals surface area contributed by atoms with Gasteiger partial charge in [-0.15, -0.1) is 0 Å². The lowest BCUT2D eigenvalue weighted by molar-refractivity contribution is -0.131. The molecule has 6 heteroatoms. The first-order valence-electron chi connectivity index (χ1n) is 11.2. The van der Waals surface area contributed by atoms with Crippen molar-refractivity contribution < 1.29 is 4.79 Å². The molecule has 4 rings (SSSR count). The smallest absolute Gasteiger partial charge is 0.222 e. The molecule has 2 aliphatic heterocycles. The Morgan fingerprint density at radius 2 is 2.04 bits per heavy atom. The van der Waals surface area contributed by atoms with Crippen LogP contribution in [0.3, 0.4) is 0 Å². The summed E-state index contributed by atoms with van der Waals surface area (Å²) >= 11 is 0. The molecule has 0 aromatic carbocycles. The van der Waals surface area contributed by atoms with Crippen molar-refractivity contribution in [2.75, 3.05) is 39.8 Å². The van der Waals surface area contributed by atoms with Gasteiger partial charge in [0.25, 0.3) is 0 Å². The summed E-state index contributed by atoms with van der Waals surface area (Å²) in [5, 5.41) is 4.59. The third kappa shape index (κ3) is 4.13. The van der Waals surface area contributed by atoms with Gasteiger partial charge in [0.15, 0.2) is 0 Å². The molecule has 1 aromatic heterocycles. The van der Waals surface area contributed by atoms with Gasteiger partial charge in [-0.3, -0.25) is 19.3 Å². The second-order valence-corrected chi connectivity index (χ2v) is 9.37. The minimum Gasteiger partial charge on any atom is -0.342 e. The number of aryl methyl sites for hydroxylation is 1. The highest BCUT2D eigenvalue weighted by molar-refractivity contribution is 5.76. The Bertz CT molecular complexity index is 697. The van der Waals surface area contributed by atoms with Crippen molar-refractivity contribution in [1.29, 1.82) is 0 Å². The molecule has 0 N–H and O–H groups in total. The van der Waals surface area contributed by atoms with Gasteiger partial charge in [0, 0.05) is 69.0 Å². The molecule has 1 spiro atoms. The summed E-state index contributed by atoms with van der Waals surface area (Å²) < 4.78 is 2.14. The fraction of sp³-hybridized carbons (Fsp3) is 0.818. The monoisotopic (exact) mass is 387 g/mol. The first-order valence-corrected chi connectivity index (χ1v) is 11.2. The van der Waals surface area contributed by atoms with E-state index in [2.05, 4.69) is 51.6 Å². The number of carbonyl (C=O) groups is 1. The van der Waals surface area contributed by atoms with E-state index in [0.29, 0.717) is 12.3 Å². The molecule has 1 aromatic rings. The highest BCUT2D eigenvalue weighted by atomic mass is 16.2. The van der Waals surface area contributed by atoms with Crippen LogP contribution in [-0.2, 0) is 17.9 Å². The number of nitrogens with zero attached hydrogens (tertiary/aromatic N) is 5. The maximum absolute atomic E-state index is 12.7. The van der Waals surface area contributed by atoms with Crippen LogP contribution in [0.4, 0.5) is 0 Å². The van der Waals surface area contributed by atoms with Gasteiger partial charge in [-0.2, -0.15) is 5.10 Å². The Labute approximate surface area is 169 Å². The van der Waals surface area contributed by atoms with E-state index in [1.165, 1.54) is 24.1 Å². The molecule has 28 heavy (non-hydrogen) atoms. The molecule has 1 amide bonds. The van der Waals surface area contributed by atoms with E-state index in [-0.39, 0.29) is 5.54 Å². The highest BCUT2D eigenvalue weighted by Crippen LogP contribution is 2.35. The van der Waals surface area contributed by atoms with Gasteiger partial charge < -0.3 is 4.90 Å². The molecule has 156 valence electrons. The van der Waals surface area contributed by atoms with E-state index in [9.17, 15) is 4.79 Å². The SMILES string of the molecule is CCCn1ncc(CN2CCN(C)[C@]3(CCC(=O)N(CC4CC4)CC3)C2)c1C. The van der Waals surface area contributed by atoms with Crippen molar-refractivity contribution in [3.8, 4) is 0 Å². The summed E-state index contributed by atoms with van der Waals surface area (Å²) in [4.78, 5) is 20.0. The normalized spacial score (nSPS) is 27.5. The van der Waals surface area contributed by atoms with Gasteiger partial charge >= 0.3 is 0 Å². The minimum atomic E-state index is 0.138. The number of carbonyl (C=O) groups excluding carboxylic acids is 1. The summed E-state index contributed by atoms with van der Waals surface area (Å²) in [6, 6.07) is 0. The van der Waals surface area contributed by atoms with Crippen molar-refractivity contribution in [3.63, 3.8) is 0 Å². The Morgan fingerprint density at radius 1 is 1.21 bits per heavy atom. The predicted molar refractivity (Wildman–Crippen MR) is 111 cm³/mol. The summed E-state index contributed by atoms with van der Waals surface area (Å²) in [5.41, 5.74) is 2.80. The van der Waals surface area contributed by atoms with Crippen LogP contribution in [-0.4, -0.2) is 75.7 Å². The number of likely N-dealkylation sites (tertiary alicyclic amines) is 1. The van der Waals surface area contributed by atoms with Crippen LogP contribution in [0.15, 0.2) is 6.20 Å². The zero-order valence-corrected chi connectivity index (χ0v) is 18.0. The number of likely N-dealkylation sites (N-methyl/N-ethyl adjacent to an activating group) is 1. The second-order valence-electron chi connectivity index (χ2n) is 9.37. The topological polar surface area (TPSA) is 44.6 Å². The Hall–Kier alpha value is -1.40. The lowest BCUT2D eigenvalue weighted by atomic mass is 9.86. The molecule has 6 nitrogen and oxygen atoms in total. The standard InChI is InChI=1S/C22H37N5O/c1-4-10-27-18(2)20(14-23-27)16-25-13-12-24(3)22(17-25)8-7-21(28)26(11-9-22)15-19-5-6-19/h14,19H,4-13,15-17H2,1-3H3/t22-/m0/s1. The summed E-state index contributed by atoms with van der Waals surface area (Å²) in [6.45, 7) is 11.5. The van der Waals surface area contributed by atoms with E-state index in [1.807, 2.05) is 0 Å². The molecule has 2 saturated heterocycles. The lowest BCUT2D eigenvalue weighted by Crippen LogP contribution is -2.60. The Balaban J connectivity index is 1.43. The number of piperazine rings is 1. The van der Waals surface area contributed by atoms with Crippen molar-refractivity contribution >= 4 is 5.91 Å². The van der Waals surface area contributed by atoms with Crippen LogP contribution in [0.5, 0.6) is 0 Å². The predicted octanol–water partition coefficient (Wildman–Crippen LogP) is 2.51. The van der Waals surface area contributed by atoms with E-state index in [0.717, 1.165) is 71.0 Å². The number of aromatic nitrogens is 2. The Morgan fingerprint density at radius 3 is 2.79 bits per heavy atom. The van der Waals surface area contributed by atoms with Crippen molar-refractivity contribution in [2.24, 2.45) is 5.92 Å². The lowest BCUT2D eigenvalue weighted by Gasteiger charge is -2.49. The van der Waals surface area contributed by atoms with Gasteiger partial charge in [0.05, 0.1) is 6.20 Å². The molecule has 1 aliphatic carbocycles. The zero-order valence-electron chi connectivity index (χ0n) is 18.0. The van der Waals surface area contributed by atoms with E-state index in [1.54, 1.807) is 0 Å². The van der Waals surface area contributed by atoms with Gasteiger partial charge in [-0.1, -0.05) is 6.92 Å². The fourth-order valence-electron chi connectivity index (χ4n) is 5.03. The van der Waals surface area contributed by atoms with Gasteiger partial charge in [-0.25, -0.2) is 0 Å². The van der Waals surface area contributed by atoms with Gasteiger partial charge in [0.1, 0.15) is 0 Å². The quantitative estimate of drug-likeness (QED) is 0.752. The average Bonchev–Trinajstić information content (AvgIpc) is 3.46. The van der Waals surface area contributed by atoms with E-state index < -0.39 is 0 Å². The molecule has 0 radical (unpaired) electrons. The third-order valence-corrected chi connectivity index (χ3v) is 7.29. The van der Waals surface area contributed by atoms with Gasteiger partial charge in [0.2, 0.25) is 5.91 Å². The van der Waals surface area contributed by atoms with Crippen molar-refractivity contribution in [1.82, 2.24) is 24.5 Å². The number of rotatable bonds is 6. The van der Waals surface area contributed by atoms with Crippen molar-refractivity contribution in [2.45, 2.75) is 71.0 Å². The van der Waals surface area contributed by atoms with Crippen molar-refractivity contribution in [3.05, 3.63) is 17.5 Å². The molecule has 1 saturated carbocycles. The molecule has 0 unspecified atom stereocenters. The first-order chi connectivity index (χ1) is 13.5. The molecule has 0 bridgehead atoms. The van der Waals surface area contributed by atoms with E-state index >= 15 is 0 Å². The maximum atomic E-state index is 12.7.